The van der Waals surface area contributed by atoms with Gasteiger partial charge in [0.2, 0.25) is 5.91 Å². The molecule has 3 aromatic rings. The quantitative estimate of drug-likeness (QED) is 0.631. The van der Waals surface area contributed by atoms with E-state index >= 15 is 0 Å². The highest BCUT2D eigenvalue weighted by Crippen LogP contribution is 2.28. The van der Waals surface area contributed by atoms with E-state index in [9.17, 15) is 4.79 Å². The van der Waals surface area contributed by atoms with E-state index in [4.69, 9.17) is 0 Å². The summed E-state index contributed by atoms with van der Waals surface area (Å²) in [6.45, 7) is 7.41. The maximum Gasteiger partial charge on any atom is 0.236 e. The Kier molecular flexibility index (Phi) is 5.22. The van der Waals surface area contributed by atoms with Gasteiger partial charge >= 0.3 is 0 Å². The second-order valence-electron chi connectivity index (χ2n) is 7.24. The summed E-state index contributed by atoms with van der Waals surface area (Å²) in [5.74, 6) is 0.966. The monoisotopic (exact) mass is 392 g/mol. The lowest BCUT2D eigenvalue weighted by Crippen LogP contribution is -2.40. The van der Waals surface area contributed by atoms with E-state index in [1.807, 2.05) is 29.4 Å². The van der Waals surface area contributed by atoms with Crippen molar-refractivity contribution in [2.75, 3.05) is 6.54 Å². The predicted molar refractivity (Wildman–Crippen MR) is 112 cm³/mol. The van der Waals surface area contributed by atoms with Gasteiger partial charge in [0.1, 0.15) is 5.82 Å². The summed E-state index contributed by atoms with van der Waals surface area (Å²) < 4.78 is 2.01. The molecular weight excluding hydrogens is 368 g/mol. The summed E-state index contributed by atoms with van der Waals surface area (Å²) in [5, 5.41) is 9.09. The summed E-state index contributed by atoms with van der Waals surface area (Å²) in [7, 11) is 0. The van der Waals surface area contributed by atoms with Crippen LogP contribution < -0.4 is 0 Å². The molecule has 5 nitrogen and oxygen atoms in total. The van der Waals surface area contributed by atoms with Crippen LogP contribution in [0.3, 0.4) is 0 Å². The van der Waals surface area contributed by atoms with Crippen molar-refractivity contribution in [3.8, 4) is 5.69 Å². The Bertz CT molecular complexity index is 996. The Balaban J connectivity index is 1.51. The van der Waals surface area contributed by atoms with Gasteiger partial charge in [0.15, 0.2) is 5.16 Å². The fraction of sp³-hybridized carbons (Fsp3) is 0.318. The summed E-state index contributed by atoms with van der Waals surface area (Å²) in [6, 6.07) is 16.6. The molecule has 0 aliphatic carbocycles. The number of aromatic nitrogens is 3. The van der Waals surface area contributed by atoms with Gasteiger partial charge in [-0.1, -0.05) is 53.7 Å². The number of rotatable bonds is 4. The molecule has 1 atom stereocenters. The molecule has 0 spiro atoms. The van der Waals surface area contributed by atoms with Gasteiger partial charge in [0.05, 0.1) is 5.25 Å². The van der Waals surface area contributed by atoms with Crippen LogP contribution in [0.4, 0.5) is 0 Å². The molecule has 0 saturated heterocycles. The van der Waals surface area contributed by atoms with Crippen molar-refractivity contribution in [2.45, 2.75) is 44.1 Å². The molecule has 0 N–H and O–H groups in total. The molecule has 1 aliphatic heterocycles. The van der Waals surface area contributed by atoms with Gasteiger partial charge < -0.3 is 4.90 Å². The number of hydrogen-bond donors (Lipinski definition) is 0. The Morgan fingerprint density at radius 3 is 2.50 bits per heavy atom. The zero-order valence-corrected chi connectivity index (χ0v) is 17.2. The van der Waals surface area contributed by atoms with Crippen molar-refractivity contribution in [3.05, 3.63) is 71.0 Å². The average molecular weight is 393 g/mol. The van der Waals surface area contributed by atoms with Crippen LogP contribution in [-0.2, 0) is 17.8 Å². The van der Waals surface area contributed by atoms with Gasteiger partial charge in [0, 0.05) is 18.8 Å². The first-order valence-electron chi connectivity index (χ1n) is 9.54. The summed E-state index contributed by atoms with van der Waals surface area (Å²) in [6.07, 6.45) is 0.915. The Morgan fingerprint density at radius 2 is 1.75 bits per heavy atom. The fourth-order valence-electron chi connectivity index (χ4n) is 3.56. The zero-order valence-electron chi connectivity index (χ0n) is 16.4. The van der Waals surface area contributed by atoms with Crippen molar-refractivity contribution in [2.24, 2.45) is 0 Å². The molecule has 0 saturated carbocycles. The lowest BCUT2D eigenvalue weighted by atomic mass is 10.00. The summed E-state index contributed by atoms with van der Waals surface area (Å²) >= 11 is 1.47. The van der Waals surface area contributed by atoms with E-state index in [1.54, 1.807) is 0 Å². The average Bonchev–Trinajstić information content (AvgIpc) is 3.07. The molecule has 144 valence electrons. The van der Waals surface area contributed by atoms with Crippen LogP contribution in [0.15, 0.2) is 53.7 Å². The lowest BCUT2D eigenvalue weighted by Gasteiger charge is -2.30. The second-order valence-corrected chi connectivity index (χ2v) is 8.55. The number of hydrogen-bond acceptors (Lipinski definition) is 4. The van der Waals surface area contributed by atoms with Crippen molar-refractivity contribution >= 4 is 17.7 Å². The van der Waals surface area contributed by atoms with Crippen molar-refractivity contribution in [3.63, 3.8) is 0 Å². The molecule has 2 heterocycles. The molecular formula is C22H24N4OS. The Labute approximate surface area is 169 Å². The molecule has 0 radical (unpaired) electrons. The third-order valence-corrected chi connectivity index (χ3v) is 6.19. The van der Waals surface area contributed by atoms with E-state index in [2.05, 4.69) is 59.6 Å². The highest BCUT2D eigenvalue weighted by Gasteiger charge is 2.27. The molecule has 1 aliphatic rings. The Hall–Kier alpha value is -2.60. The minimum absolute atomic E-state index is 0.149. The number of nitrogens with zero attached hydrogens (tertiary/aromatic N) is 4. The zero-order chi connectivity index (χ0) is 19.7. The first kappa shape index (κ1) is 18.7. The lowest BCUT2D eigenvalue weighted by molar-refractivity contribution is -0.131. The summed E-state index contributed by atoms with van der Waals surface area (Å²) in [5.41, 5.74) is 4.82. The fourth-order valence-corrected chi connectivity index (χ4v) is 4.56. The molecule has 0 fully saturated rings. The van der Waals surface area contributed by atoms with Gasteiger partial charge in [-0.2, -0.15) is 0 Å². The maximum atomic E-state index is 13.1. The standard InChI is InChI=1S/C22H24N4OS/c1-15-8-10-20(11-9-15)26-17(3)23-24-22(26)28-16(2)21(27)25-13-12-18-6-4-5-7-19(18)14-25/h4-11,16H,12-14H2,1-3H3/t16-/m0/s1. The normalized spacial score (nSPS) is 14.6. The van der Waals surface area contributed by atoms with E-state index in [0.29, 0.717) is 6.54 Å². The van der Waals surface area contributed by atoms with Gasteiger partial charge in [-0.3, -0.25) is 9.36 Å². The number of thioether (sulfide) groups is 1. The number of aryl methyl sites for hydroxylation is 2. The smallest absolute Gasteiger partial charge is 0.236 e. The van der Waals surface area contributed by atoms with Gasteiger partial charge in [-0.05, 0) is 50.5 Å². The third-order valence-electron chi connectivity index (χ3n) is 5.16. The van der Waals surface area contributed by atoms with Crippen LogP contribution in [-0.4, -0.2) is 37.4 Å². The predicted octanol–water partition coefficient (Wildman–Crippen LogP) is 3.95. The number of amides is 1. The van der Waals surface area contributed by atoms with E-state index in [-0.39, 0.29) is 11.2 Å². The topological polar surface area (TPSA) is 51.0 Å². The van der Waals surface area contributed by atoms with Crippen LogP contribution in [0, 0.1) is 13.8 Å². The number of benzene rings is 2. The second kappa shape index (κ2) is 7.80. The summed E-state index contributed by atoms with van der Waals surface area (Å²) in [4.78, 5) is 15.0. The molecule has 1 amide bonds. The van der Waals surface area contributed by atoms with E-state index in [0.717, 1.165) is 29.6 Å². The third kappa shape index (κ3) is 3.69. The molecule has 6 heteroatoms. The first-order valence-corrected chi connectivity index (χ1v) is 10.4. The Morgan fingerprint density at radius 1 is 1.04 bits per heavy atom. The largest absolute Gasteiger partial charge is 0.337 e. The molecule has 2 aromatic carbocycles. The SMILES string of the molecule is Cc1ccc(-n2c(C)nnc2S[C@@H](C)C(=O)N2CCc3ccccc3C2)cc1. The van der Waals surface area contributed by atoms with Crippen LogP contribution in [0.5, 0.6) is 0 Å². The van der Waals surface area contributed by atoms with Crippen LogP contribution in [0.25, 0.3) is 5.69 Å². The minimum atomic E-state index is -0.224. The van der Waals surface area contributed by atoms with Gasteiger partial charge in [-0.25, -0.2) is 0 Å². The molecule has 0 bridgehead atoms. The highest BCUT2D eigenvalue weighted by molar-refractivity contribution is 8.00. The van der Waals surface area contributed by atoms with Crippen LogP contribution >= 0.6 is 11.8 Å². The number of fused-ring (bicyclic) bond motifs is 1. The van der Waals surface area contributed by atoms with Crippen LogP contribution in [0.2, 0.25) is 0 Å². The van der Waals surface area contributed by atoms with E-state index < -0.39 is 0 Å². The number of carbonyl (C=O) groups is 1. The van der Waals surface area contributed by atoms with E-state index in [1.165, 1.54) is 28.5 Å². The number of carbonyl (C=O) groups excluding carboxylic acids is 1. The minimum Gasteiger partial charge on any atom is -0.337 e. The first-order chi connectivity index (χ1) is 13.5. The van der Waals surface area contributed by atoms with Crippen LogP contribution in [0.1, 0.15) is 29.4 Å². The van der Waals surface area contributed by atoms with Gasteiger partial charge in [0.25, 0.3) is 0 Å². The molecule has 1 aromatic heterocycles. The molecule has 4 rings (SSSR count). The maximum absolute atomic E-state index is 13.1. The molecule has 28 heavy (non-hydrogen) atoms. The highest BCUT2D eigenvalue weighted by atomic mass is 32.2. The van der Waals surface area contributed by atoms with Crippen molar-refractivity contribution < 1.29 is 4.79 Å². The molecule has 0 unspecified atom stereocenters. The van der Waals surface area contributed by atoms with Crippen molar-refractivity contribution in [1.82, 2.24) is 19.7 Å². The van der Waals surface area contributed by atoms with Gasteiger partial charge in [-0.15, -0.1) is 10.2 Å². The van der Waals surface area contributed by atoms with Crippen molar-refractivity contribution in [1.29, 1.82) is 0 Å².